The van der Waals surface area contributed by atoms with Gasteiger partial charge in [-0.2, -0.15) is 0 Å². The second kappa shape index (κ2) is 5.45. The van der Waals surface area contributed by atoms with Crippen LogP contribution >= 0.6 is 11.3 Å². The van der Waals surface area contributed by atoms with Crippen LogP contribution in [0.1, 0.15) is 21.2 Å². The van der Waals surface area contributed by atoms with Crippen molar-refractivity contribution in [3.05, 3.63) is 47.0 Å². The van der Waals surface area contributed by atoms with Gasteiger partial charge in [-0.3, -0.25) is 4.79 Å². The van der Waals surface area contributed by atoms with Crippen LogP contribution in [0.2, 0.25) is 0 Å². The van der Waals surface area contributed by atoms with Crippen LogP contribution in [-0.2, 0) is 6.54 Å². The molecule has 0 aliphatic carbocycles. The van der Waals surface area contributed by atoms with Crippen molar-refractivity contribution in [3.63, 3.8) is 0 Å². The van der Waals surface area contributed by atoms with E-state index in [-0.39, 0.29) is 5.91 Å². The summed E-state index contributed by atoms with van der Waals surface area (Å²) in [5.74, 6) is 0.457. The van der Waals surface area contributed by atoms with E-state index in [0.717, 1.165) is 15.9 Å². The number of rotatable bonds is 3. The Labute approximate surface area is 125 Å². The Morgan fingerprint density at radius 1 is 1.33 bits per heavy atom. The molecule has 0 atom stereocenters. The van der Waals surface area contributed by atoms with E-state index in [9.17, 15) is 4.79 Å². The highest BCUT2D eigenvalue weighted by molar-refractivity contribution is 7.21. The molecule has 0 spiro atoms. The van der Waals surface area contributed by atoms with Crippen molar-refractivity contribution in [1.29, 1.82) is 0 Å². The molecule has 21 heavy (non-hydrogen) atoms. The minimum absolute atomic E-state index is 0.216. The Kier molecular flexibility index (Phi) is 3.49. The molecule has 106 valence electrons. The van der Waals surface area contributed by atoms with Gasteiger partial charge in [0.05, 0.1) is 17.9 Å². The van der Waals surface area contributed by atoms with Gasteiger partial charge in [-0.25, -0.2) is 15.0 Å². The third-order valence-electron chi connectivity index (χ3n) is 2.97. The number of carbonyl (C=O) groups excluding carboxylic acids is 1. The highest BCUT2D eigenvalue weighted by atomic mass is 32.1. The third-order valence-corrected chi connectivity index (χ3v) is 4.10. The monoisotopic (exact) mass is 299 g/mol. The second-order valence-electron chi connectivity index (χ2n) is 4.48. The number of aromatic nitrogens is 3. The number of anilines is 1. The van der Waals surface area contributed by atoms with E-state index in [0.29, 0.717) is 22.9 Å². The van der Waals surface area contributed by atoms with Crippen LogP contribution in [0.25, 0.3) is 10.2 Å². The van der Waals surface area contributed by atoms with Crippen molar-refractivity contribution < 1.29 is 4.79 Å². The van der Waals surface area contributed by atoms with Gasteiger partial charge in [-0.1, -0.05) is 0 Å². The number of aryl methyl sites for hydroxylation is 1. The van der Waals surface area contributed by atoms with Gasteiger partial charge in [-0.05, 0) is 25.1 Å². The molecule has 6 nitrogen and oxygen atoms in total. The fourth-order valence-electron chi connectivity index (χ4n) is 1.97. The lowest BCUT2D eigenvalue weighted by Crippen LogP contribution is -2.23. The number of nitrogen functional groups attached to an aromatic ring is 1. The van der Waals surface area contributed by atoms with E-state index in [1.807, 2.05) is 6.07 Å². The van der Waals surface area contributed by atoms with Gasteiger partial charge in [0.15, 0.2) is 0 Å². The Morgan fingerprint density at radius 2 is 2.19 bits per heavy atom. The zero-order valence-corrected chi connectivity index (χ0v) is 12.1. The second-order valence-corrected chi connectivity index (χ2v) is 5.48. The summed E-state index contributed by atoms with van der Waals surface area (Å²) in [5.41, 5.74) is 7.25. The van der Waals surface area contributed by atoms with Crippen LogP contribution in [0.15, 0.2) is 30.6 Å². The van der Waals surface area contributed by atoms with E-state index in [4.69, 9.17) is 5.73 Å². The van der Waals surface area contributed by atoms with Crippen molar-refractivity contribution in [2.75, 3.05) is 5.73 Å². The maximum atomic E-state index is 12.2. The number of carbonyl (C=O) groups is 1. The summed E-state index contributed by atoms with van der Waals surface area (Å²) in [6.07, 6.45) is 3.35. The summed E-state index contributed by atoms with van der Waals surface area (Å²) in [5, 5.41) is 3.63. The van der Waals surface area contributed by atoms with E-state index in [1.165, 1.54) is 11.3 Å². The molecule has 0 radical (unpaired) electrons. The topological polar surface area (TPSA) is 93.8 Å². The Bertz CT molecular complexity index is 814. The minimum Gasteiger partial charge on any atom is -0.397 e. The molecule has 1 amide bonds. The molecular weight excluding hydrogens is 286 g/mol. The smallest absolute Gasteiger partial charge is 0.263 e. The number of hydrogen-bond donors (Lipinski definition) is 2. The summed E-state index contributed by atoms with van der Waals surface area (Å²) in [7, 11) is 0. The van der Waals surface area contributed by atoms with Gasteiger partial charge in [0.25, 0.3) is 5.91 Å². The summed E-state index contributed by atoms with van der Waals surface area (Å²) in [4.78, 5) is 26.0. The average Bonchev–Trinajstić information content (AvgIpc) is 2.83. The van der Waals surface area contributed by atoms with Crippen LogP contribution in [0.3, 0.4) is 0 Å². The fraction of sp³-hybridized carbons (Fsp3) is 0.143. The number of nitrogens with one attached hydrogen (secondary N) is 1. The SMILES string of the molecule is Cc1nccc(CNC(=O)c2sc3ncccc3c2N)n1. The van der Waals surface area contributed by atoms with Crippen molar-refractivity contribution in [2.45, 2.75) is 13.5 Å². The van der Waals surface area contributed by atoms with E-state index < -0.39 is 0 Å². The number of nitrogens with two attached hydrogens (primary N) is 1. The van der Waals surface area contributed by atoms with Gasteiger partial charge in [0.1, 0.15) is 15.5 Å². The number of thiophene rings is 1. The molecule has 3 rings (SSSR count). The lowest BCUT2D eigenvalue weighted by atomic mass is 10.2. The van der Waals surface area contributed by atoms with Crippen molar-refractivity contribution in [2.24, 2.45) is 0 Å². The van der Waals surface area contributed by atoms with Gasteiger partial charge < -0.3 is 11.1 Å². The Hall–Kier alpha value is -2.54. The van der Waals surface area contributed by atoms with E-state index >= 15 is 0 Å². The average molecular weight is 299 g/mol. The van der Waals surface area contributed by atoms with Gasteiger partial charge in [0.2, 0.25) is 0 Å². The molecular formula is C14H13N5OS. The quantitative estimate of drug-likeness (QED) is 0.770. The lowest BCUT2D eigenvalue weighted by molar-refractivity contribution is 0.0955. The lowest BCUT2D eigenvalue weighted by Gasteiger charge is -2.04. The zero-order chi connectivity index (χ0) is 14.8. The van der Waals surface area contributed by atoms with Crippen molar-refractivity contribution in [3.8, 4) is 0 Å². The molecule has 0 aliphatic heterocycles. The first kappa shape index (κ1) is 13.4. The number of fused-ring (bicyclic) bond motifs is 1. The standard InChI is InChI=1S/C14H13N5OS/c1-8-16-6-4-9(19-8)7-18-13(20)12-11(15)10-3-2-5-17-14(10)21-12/h2-6H,7,15H2,1H3,(H,18,20). The zero-order valence-electron chi connectivity index (χ0n) is 11.3. The summed E-state index contributed by atoms with van der Waals surface area (Å²) < 4.78 is 0. The van der Waals surface area contributed by atoms with Crippen molar-refractivity contribution >= 4 is 33.1 Å². The molecule has 3 aromatic rings. The predicted molar refractivity (Wildman–Crippen MR) is 82.0 cm³/mol. The Morgan fingerprint density at radius 3 is 2.95 bits per heavy atom. The molecule has 3 N–H and O–H groups in total. The van der Waals surface area contributed by atoms with Gasteiger partial charge in [0, 0.05) is 17.8 Å². The van der Waals surface area contributed by atoms with Crippen LogP contribution in [0, 0.1) is 6.92 Å². The van der Waals surface area contributed by atoms with Crippen LogP contribution in [-0.4, -0.2) is 20.9 Å². The van der Waals surface area contributed by atoms with Crippen LogP contribution < -0.4 is 11.1 Å². The molecule has 3 heterocycles. The van der Waals surface area contributed by atoms with Gasteiger partial charge >= 0.3 is 0 Å². The molecule has 0 aliphatic rings. The molecule has 0 aromatic carbocycles. The summed E-state index contributed by atoms with van der Waals surface area (Å²) >= 11 is 1.29. The molecule has 0 unspecified atom stereocenters. The summed E-state index contributed by atoms with van der Waals surface area (Å²) in [6, 6.07) is 5.43. The number of amides is 1. The minimum atomic E-state index is -0.216. The number of pyridine rings is 1. The molecule has 7 heteroatoms. The highest BCUT2D eigenvalue weighted by Crippen LogP contribution is 2.31. The molecule has 3 aromatic heterocycles. The largest absolute Gasteiger partial charge is 0.397 e. The molecule has 0 bridgehead atoms. The third kappa shape index (κ3) is 2.68. The number of hydrogen-bond acceptors (Lipinski definition) is 6. The van der Waals surface area contributed by atoms with Gasteiger partial charge in [-0.15, -0.1) is 11.3 Å². The summed E-state index contributed by atoms with van der Waals surface area (Å²) in [6.45, 7) is 2.14. The maximum Gasteiger partial charge on any atom is 0.263 e. The normalized spacial score (nSPS) is 10.7. The molecule has 0 saturated carbocycles. The van der Waals surface area contributed by atoms with Crippen LogP contribution in [0.5, 0.6) is 0 Å². The Balaban J connectivity index is 1.79. The maximum absolute atomic E-state index is 12.2. The molecule has 0 fully saturated rings. The van der Waals surface area contributed by atoms with E-state index in [2.05, 4.69) is 20.3 Å². The first-order valence-electron chi connectivity index (χ1n) is 6.35. The molecule has 0 saturated heterocycles. The van der Waals surface area contributed by atoms with Crippen molar-refractivity contribution in [1.82, 2.24) is 20.3 Å². The van der Waals surface area contributed by atoms with Crippen LogP contribution in [0.4, 0.5) is 5.69 Å². The highest BCUT2D eigenvalue weighted by Gasteiger charge is 2.16. The predicted octanol–water partition coefficient (Wildman–Crippen LogP) is 1.91. The van der Waals surface area contributed by atoms with E-state index in [1.54, 1.807) is 31.5 Å². The number of nitrogens with zero attached hydrogens (tertiary/aromatic N) is 3. The first-order chi connectivity index (χ1) is 10.1. The first-order valence-corrected chi connectivity index (χ1v) is 7.16. The fourth-order valence-corrected chi connectivity index (χ4v) is 2.95.